The molecule has 3 aromatic heterocycles. The molecule has 4 N–H and O–H groups in total. The molecule has 1 aromatic carbocycles. The van der Waals surface area contributed by atoms with E-state index in [0.29, 0.717) is 40.4 Å². The van der Waals surface area contributed by atoms with E-state index in [2.05, 4.69) is 30.6 Å². The Kier molecular flexibility index (Phi) is 7.28. The van der Waals surface area contributed by atoms with E-state index in [9.17, 15) is 18.8 Å². The number of pyridine rings is 1. The number of nitrogens with two attached hydrogens (primary N) is 1. The number of piperidine rings is 1. The monoisotopic (exact) mass is 530 g/mol. The van der Waals surface area contributed by atoms with Crippen molar-refractivity contribution >= 4 is 34.6 Å². The molecule has 200 valence electrons. The first kappa shape index (κ1) is 25.9. The van der Waals surface area contributed by atoms with E-state index in [1.54, 1.807) is 25.4 Å². The Hall–Kier alpha value is -4.71. The smallest absolute Gasteiger partial charge is 0.259 e. The number of halogens is 1. The number of aromatic nitrogens is 4. The summed E-state index contributed by atoms with van der Waals surface area (Å²) in [5, 5.41) is 9.93. The number of benzene rings is 1. The molecule has 0 atom stereocenters. The predicted octanol–water partition coefficient (Wildman–Crippen LogP) is 3.01. The maximum absolute atomic E-state index is 14.2. The number of carbonyl (C=O) groups excluding carboxylic acids is 3. The number of nitrogens with one attached hydrogen (secondary N) is 2. The van der Waals surface area contributed by atoms with Crippen LogP contribution >= 0.6 is 0 Å². The molecule has 0 aliphatic carbocycles. The minimum atomic E-state index is -0.860. The highest BCUT2D eigenvalue weighted by Gasteiger charge is 2.18. The maximum atomic E-state index is 14.2. The van der Waals surface area contributed by atoms with Gasteiger partial charge in [0.15, 0.2) is 0 Å². The zero-order chi connectivity index (χ0) is 27.5. The van der Waals surface area contributed by atoms with Gasteiger partial charge in [-0.1, -0.05) is 12.5 Å². The van der Waals surface area contributed by atoms with Crippen molar-refractivity contribution < 1.29 is 18.8 Å². The highest BCUT2D eigenvalue weighted by molar-refractivity contribution is 6.09. The molecule has 1 aliphatic rings. The molecule has 1 saturated heterocycles. The molecule has 11 nitrogen and oxygen atoms in total. The fraction of sp³-hybridized carbons (Fsp3) is 0.259. The molecular weight excluding hydrogens is 503 g/mol. The third-order valence-electron chi connectivity index (χ3n) is 6.61. The molecule has 0 radical (unpaired) electrons. The SMILES string of the molecule is Cc1ncc(NC(=O)CN2CCCCC2)cc1NC(=O)c1cnn2cc(-c3ccc(C(N)=O)c(F)c3)ncc12. The lowest BCUT2D eigenvalue weighted by atomic mass is 10.1. The van der Waals surface area contributed by atoms with Crippen molar-refractivity contribution in [1.29, 1.82) is 0 Å². The van der Waals surface area contributed by atoms with Gasteiger partial charge >= 0.3 is 0 Å². The van der Waals surface area contributed by atoms with Gasteiger partial charge in [-0.15, -0.1) is 0 Å². The average molecular weight is 531 g/mol. The number of hydrogen-bond donors (Lipinski definition) is 3. The molecule has 1 fully saturated rings. The summed E-state index contributed by atoms with van der Waals surface area (Å²) in [6.07, 6.45) is 9.35. The van der Waals surface area contributed by atoms with E-state index in [1.807, 2.05) is 0 Å². The largest absolute Gasteiger partial charge is 0.366 e. The summed E-state index contributed by atoms with van der Waals surface area (Å²) < 4.78 is 15.7. The van der Waals surface area contributed by atoms with E-state index in [1.165, 1.54) is 41.5 Å². The normalized spacial score (nSPS) is 13.8. The lowest BCUT2D eigenvalue weighted by Crippen LogP contribution is -2.36. The van der Waals surface area contributed by atoms with Crippen LogP contribution in [0.4, 0.5) is 15.8 Å². The third kappa shape index (κ3) is 5.75. The number of primary amides is 1. The number of hydrogen-bond acceptors (Lipinski definition) is 7. The van der Waals surface area contributed by atoms with Gasteiger partial charge in [-0.25, -0.2) is 8.91 Å². The Morgan fingerprint density at radius 1 is 1.00 bits per heavy atom. The quantitative estimate of drug-likeness (QED) is 0.333. The van der Waals surface area contributed by atoms with E-state index in [-0.39, 0.29) is 17.0 Å². The minimum Gasteiger partial charge on any atom is -0.366 e. The number of aryl methyl sites for hydroxylation is 1. The van der Waals surface area contributed by atoms with Crippen LogP contribution in [0.1, 0.15) is 45.7 Å². The molecule has 1 aliphatic heterocycles. The van der Waals surface area contributed by atoms with Crippen molar-refractivity contribution in [1.82, 2.24) is 24.5 Å². The van der Waals surface area contributed by atoms with Crippen LogP contribution in [-0.2, 0) is 4.79 Å². The summed E-state index contributed by atoms with van der Waals surface area (Å²) in [5.41, 5.74) is 7.97. The topological polar surface area (TPSA) is 148 Å². The molecular formula is C27H27FN8O3. The molecule has 5 rings (SSSR count). The molecule has 0 unspecified atom stereocenters. The molecule has 0 spiro atoms. The van der Waals surface area contributed by atoms with E-state index in [0.717, 1.165) is 25.9 Å². The van der Waals surface area contributed by atoms with Gasteiger partial charge in [-0.3, -0.25) is 29.3 Å². The van der Waals surface area contributed by atoms with Gasteiger partial charge in [0.1, 0.15) is 5.82 Å². The zero-order valence-electron chi connectivity index (χ0n) is 21.3. The van der Waals surface area contributed by atoms with Gasteiger partial charge in [-0.05, 0) is 51.1 Å². The molecule has 4 heterocycles. The van der Waals surface area contributed by atoms with Crippen molar-refractivity contribution in [2.75, 3.05) is 30.3 Å². The first-order valence-electron chi connectivity index (χ1n) is 12.5. The number of fused-ring (bicyclic) bond motifs is 1. The van der Waals surface area contributed by atoms with Gasteiger partial charge in [0.05, 0.1) is 70.7 Å². The van der Waals surface area contributed by atoms with E-state index >= 15 is 0 Å². The summed E-state index contributed by atoms with van der Waals surface area (Å²) in [5.74, 6) is -2.18. The van der Waals surface area contributed by atoms with E-state index < -0.39 is 17.6 Å². The van der Waals surface area contributed by atoms with Crippen LogP contribution in [0.25, 0.3) is 16.8 Å². The first-order valence-corrected chi connectivity index (χ1v) is 12.5. The first-order chi connectivity index (χ1) is 18.8. The molecule has 3 amide bonds. The Morgan fingerprint density at radius 3 is 2.54 bits per heavy atom. The average Bonchev–Trinajstić information content (AvgIpc) is 3.34. The fourth-order valence-corrected chi connectivity index (χ4v) is 4.52. The van der Waals surface area contributed by atoms with Gasteiger partial charge in [0, 0.05) is 5.56 Å². The lowest BCUT2D eigenvalue weighted by Gasteiger charge is -2.25. The number of nitrogens with zero attached hydrogens (tertiary/aromatic N) is 5. The fourth-order valence-electron chi connectivity index (χ4n) is 4.52. The molecule has 0 saturated carbocycles. The van der Waals surface area contributed by atoms with Gasteiger partial charge < -0.3 is 16.4 Å². The lowest BCUT2D eigenvalue weighted by molar-refractivity contribution is -0.117. The summed E-state index contributed by atoms with van der Waals surface area (Å²) in [4.78, 5) is 47.7. The van der Waals surface area contributed by atoms with Crippen molar-refractivity contribution in [2.45, 2.75) is 26.2 Å². The second-order valence-electron chi connectivity index (χ2n) is 9.42. The summed E-state index contributed by atoms with van der Waals surface area (Å²) in [6, 6.07) is 5.66. The Bertz CT molecular complexity index is 1580. The second-order valence-corrected chi connectivity index (χ2v) is 9.42. The predicted molar refractivity (Wildman–Crippen MR) is 143 cm³/mol. The molecule has 12 heteroatoms. The van der Waals surface area contributed by atoms with Crippen LogP contribution in [0.15, 0.2) is 49.1 Å². The van der Waals surface area contributed by atoms with Gasteiger partial charge in [0.2, 0.25) is 5.91 Å². The molecule has 4 aromatic rings. The van der Waals surface area contributed by atoms with Crippen LogP contribution in [0, 0.1) is 12.7 Å². The van der Waals surface area contributed by atoms with Crippen LogP contribution in [0.5, 0.6) is 0 Å². The minimum absolute atomic E-state index is 0.131. The number of carbonyl (C=O) groups is 3. The van der Waals surface area contributed by atoms with Crippen molar-refractivity contribution in [3.05, 3.63) is 71.7 Å². The van der Waals surface area contributed by atoms with Crippen molar-refractivity contribution in [3.63, 3.8) is 0 Å². The summed E-state index contributed by atoms with van der Waals surface area (Å²) in [7, 11) is 0. The van der Waals surface area contributed by atoms with Crippen LogP contribution < -0.4 is 16.4 Å². The van der Waals surface area contributed by atoms with Crippen LogP contribution in [-0.4, -0.2) is 61.8 Å². The Labute approximate surface area is 223 Å². The number of anilines is 2. The van der Waals surface area contributed by atoms with Gasteiger partial charge in [-0.2, -0.15) is 5.10 Å². The van der Waals surface area contributed by atoms with Gasteiger partial charge in [0.25, 0.3) is 11.8 Å². The highest BCUT2D eigenvalue weighted by Crippen LogP contribution is 2.23. The zero-order valence-corrected chi connectivity index (χ0v) is 21.3. The van der Waals surface area contributed by atoms with Crippen LogP contribution in [0.3, 0.4) is 0 Å². The number of rotatable bonds is 7. The van der Waals surface area contributed by atoms with E-state index in [4.69, 9.17) is 5.73 Å². The molecule has 39 heavy (non-hydrogen) atoms. The number of likely N-dealkylation sites (tertiary alicyclic amines) is 1. The summed E-state index contributed by atoms with van der Waals surface area (Å²) in [6.45, 7) is 3.89. The standard InChI is InChI=1S/C27H27FN8O3/c1-16-22(10-18(11-30-16)33-25(37)15-35-7-3-2-4-8-35)34-27(39)20-12-32-36-14-23(31-13-24(20)36)17-5-6-19(26(29)38)21(28)9-17/h5-6,9-14H,2-4,7-8,15H2,1H3,(H2,29,38)(H,33,37)(H,34,39). The number of amides is 3. The van der Waals surface area contributed by atoms with Crippen molar-refractivity contribution in [2.24, 2.45) is 5.73 Å². The Morgan fingerprint density at radius 2 is 1.79 bits per heavy atom. The van der Waals surface area contributed by atoms with Crippen LogP contribution in [0.2, 0.25) is 0 Å². The van der Waals surface area contributed by atoms with Crippen molar-refractivity contribution in [3.8, 4) is 11.3 Å². The second kappa shape index (κ2) is 11.0. The Balaban J connectivity index is 1.30. The highest BCUT2D eigenvalue weighted by atomic mass is 19.1. The maximum Gasteiger partial charge on any atom is 0.259 e. The third-order valence-corrected chi connectivity index (χ3v) is 6.61. The summed E-state index contributed by atoms with van der Waals surface area (Å²) >= 11 is 0. The molecule has 0 bridgehead atoms.